The van der Waals surface area contributed by atoms with Crippen LogP contribution in [0.2, 0.25) is 0 Å². The molecule has 1 aromatic carbocycles. The number of likely N-dealkylation sites (tertiary alicyclic amines) is 2. The molecule has 2 heterocycles. The molecule has 0 saturated carbocycles. The van der Waals surface area contributed by atoms with Gasteiger partial charge in [0, 0.05) is 50.7 Å². The molecule has 1 N–H and O–H groups in total. The number of amides is 1. The number of hydrogen-bond donors (Lipinski definition) is 1. The largest absolute Gasteiger partial charge is 0.343 e. The summed E-state index contributed by atoms with van der Waals surface area (Å²) in [5, 5.41) is 3.77. The minimum atomic E-state index is -0.107. The number of nitrogens with one attached hydrogen (secondary N) is 1. The fourth-order valence-electron chi connectivity index (χ4n) is 3.90. The van der Waals surface area contributed by atoms with E-state index in [2.05, 4.69) is 10.2 Å². The number of hydrogen-bond acceptors (Lipinski definition) is 3. The third kappa shape index (κ3) is 4.54. The van der Waals surface area contributed by atoms with E-state index in [1.165, 1.54) is 12.5 Å². The molecule has 1 aromatic rings. The van der Waals surface area contributed by atoms with E-state index in [1.54, 1.807) is 13.0 Å². The van der Waals surface area contributed by atoms with Crippen LogP contribution in [0.4, 0.5) is 4.39 Å². The molecule has 132 valence electrons. The molecule has 0 aliphatic carbocycles. The number of piperidine rings is 2. The molecule has 0 bridgehead atoms. The molecule has 2 aliphatic rings. The van der Waals surface area contributed by atoms with Gasteiger partial charge in [0.05, 0.1) is 0 Å². The Morgan fingerprint density at radius 1 is 1.17 bits per heavy atom. The Morgan fingerprint density at radius 2 is 1.92 bits per heavy atom. The summed E-state index contributed by atoms with van der Waals surface area (Å²) in [6, 6.07) is 8.04. The minimum absolute atomic E-state index is 0.107. The Bertz CT molecular complexity index is 557. The Balaban J connectivity index is 1.48. The molecule has 0 spiro atoms. The van der Waals surface area contributed by atoms with Crippen LogP contribution in [0.25, 0.3) is 0 Å². The van der Waals surface area contributed by atoms with Gasteiger partial charge in [0.2, 0.25) is 5.91 Å². The second-order valence-corrected chi connectivity index (χ2v) is 7.11. The molecular weight excluding hydrogens is 305 g/mol. The van der Waals surface area contributed by atoms with Crippen LogP contribution in [-0.4, -0.2) is 54.0 Å². The second-order valence-electron chi connectivity index (χ2n) is 7.11. The lowest BCUT2D eigenvalue weighted by Gasteiger charge is -2.38. The lowest BCUT2D eigenvalue weighted by molar-refractivity contribution is -0.129. The Labute approximate surface area is 144 Å². The maximum absolute atomic E-state index is 13.8. The van der Waals surface area contributed by atoms with Crippen molar-refractivity contribution < 1.29 is 9.18 Å². The van der Waals surface area contributed by atoms with Crippen molar-refractivity contribution in [3.05, 3.63) is 35.6 Å². The Morgan fingerprint density at radius 3 is 2.62 bits per heavy atom. The molecule has 4 nitrogen and oxygen atoms in total. The van der Waals surface area contributed by atoms with E-state index in [0.29, 0.717) is 18.6 Å². The SMILES string of the molecule is CC(=O)N1CCC(N[C@H]2CCCN(Cc3ccccc3F)C2)CC1. The topological polar surface area (TPSA) is 35.6 Å². The van der Waals surface area contributed by atoms with Crippen molar-refractivity contribution in [2.75, 3.05) is 26.2 Å². The molecule has 2 aliphatic heterocycles. The monoisotopic (exact) mass is 333 g/mol. The van der Waals surface area contributed by atoms with Crippen LogP contribution in [0.1, 0.15) is 38.2 Å². The first-order chi connectivity index (χ1) is 11.6. The number of nitrogens with zero attached hydrogens (tertiary/aromatic N) is 2. The highest BCUT2D eigenvalue weighted by Crippen LogP contribution is 2.18. The summed E-state index contributed by atoms with van der Waals surface area (Å²) < 4.78 is 13.8. The zero-order valence-electron chi connectivity index (χ0n) is 14.5. The molecule has 2 saturated heterocycles. The molecule has 0 aromatic heterocycles. The molecule has 1 amide bonds. The Hall–Kier alpha value is -1.46. The standard InChI is InChI=1S/C19H28FN3O/c1-15(24)23-11-8-17(9-12-23)21-18-6-4-10-22(14-18)13-16-5-2-3-7-19(16)20/h2-3,5,7,17-18,21H,4,6,8-14H2,1H3/t18-/m0/s1. The highest BCUT2D eigenvalue weighted by molar-refractivity contribution is 5.73. The molecule has 2 fully saturated rings. The van der Waals surface area contributed by atoms with Crippen molar-refractivity contribution in [1.82, 2.24) is 15.1 Å². The highest BCUT2D eigenvalue weighted by Gasteiger charge is 2.26. The van der Waals surface area contributed by atoms with Crippen molar-refractivity contribution >= 4 is 5.91 Å². The summed E-state index contributed by atoms with van der Waals surface area (Å²) in [5.41, 5.74) is 0.785. The van der Waals surface area contributed by atoms with Crippen molar-refractivity contribution in [2.45, 2.75) is 51.2 Å². The third-order valence-electron chi connectivity index (χ3n) is 5.27. The lowest BCUT2D eigenvalue weighted by Crippen LogP contribution is -2.52. The smallest absolute Gasteiger partial charge is 0.219 e. The van der Waals surface area contributed by atoms with Gasteiger partial charge in [0.15, 0.2) is 0 Å². The first kappa shape index (κ1) is 17.4. The Kier molecular flexibility index (Phi) is 5.85. The summed E-state index contributed by atoms with van der Waals surface area (Å²) in [5.74, 6) is 0.0753. The lowest BCUT2D eigenvalue weighted by atomic mass is 9.99. The zero-order chi connectivity index (χ0) is 16.9. The van der Waals surface area contributed by atoms with E-state index in [0.717, 1.165) is 51.0 Å². The minimum Gasteiger partial charge on any atom is -0.343 e. The van der Waals surface area contributed by atoms with Gasteiger partial charge in [0.25, 0.3) is 0 Å². The molecule has 24 heavy (non-hydrogen) atoms. The number of benzene rings is 1. The molecular formula is C19H28FN3O. The quantitative estimate of drug-likeness (QED) is 0.919. The van der Waals surface area contributed by atoms with Gasteiger partial charge in [-0.25, -0.2) is 4.39 Å². The van der Waals surface area contributed by atoms with Gasteiger partial charge in [-0.05, 0) is 38.3 Å². The summed E-state index contributed by atoms with van der Waals surface area (Å²) in [4.78, 5) is 15.7. The van der Waals surface area contributed by atoms with Crippen LogP contribution in [0.3, 0.4) is 0 Å². The van der Waals surface area contributed by atoms with Crippen molar-refractivity contribution in [2.24, 2.45) is 0 Å². The molecule has 5 heteroatoms. The van der Waals surface area contributed by atoms with E-state index < -0.39 is 0 Å². The number of halogens is 1. The van der Waals surface area contributed by atoms with Crippen LogP contribution >= 0.6 is 0 Å². The van der Waals surface area contributed by atoms with Crippen molar-refractivity contribution in [3.63, 3.8) is 0 Å². The van der Waals surface area contributed by atoms with Crippen LogP contribution in [0.15, 0.2) is 24.3 Å². The number of carbonyl (C=O) groups is 1. The predicted octanol–water partition coefficient (Wildman–Crippen LogP) is 2.39. The summed E-state index contributed by atoms with van der Waals surface area (Å²) in [6.45, 7) is 6.07. The van der Waals surface area contributed by atoms with Crippen molar-refractivity contribution in [3.8, 4) is 0 Å². The molecule has 3 rings (SSSR count). The fraction of sp³-hybridized carbons (Fsp3) is 0.632. The number of rotatable bonds is 4. The van der Waals surface area contributed by atoms with Gasteiger partial charge in [-0.2, -0.15) is 0 Å². The second kappa shape index (κ2) is 8.08. The highest BCUT2D eigenvalue weighted by atomic mass is 19.1. The summed E-state index contributed by atoms with van der Waals surface area (Å²) in [6.07, 6.45) is 4.39. The van der Waals surface area contributed by atoms with Gasteiger partial charge in [-0.3, -0.25) is 9.69 Å². The van der Waals surface area contributed by atoms with Gasteiger partial charge < -0.3 is 10.2 Å². The maximum Gasteiger partial charge on any atom is 0.219 e. The van der Waals surface area contributed by atoms with Gasteiger partial charge in [-0.1, -0.05) is 18.2 Å². The van der Waals surface area contributed by atoms with Gasteiger partial charge in [0.1, 0.15) is 5.82 Å². The number of carbonyl (C=O) groups excluding carboxylic acids is 1. The predicted molar refractivity (Wildman–Crippen MR) is 93.1 cm³/mol. The zero-order valence-corrected chi connectivity index (χ0v) is 14.5. The first-order valence-electron chi connectivity index (χ1n) is 9.09. The summed E-state index contributed by atoms with van der Waals surface area (Å²) in [7, 11) is 0. The molecule has 0 unspecified atom stereocenters. The van der Waals surface area contributed by atoms with Crippen LogP contribution in [-0.2, 0) is 11.3 Å². The van der Waals surface area contributed by atoms with Crippen molar-refractivity contribution in [1.29, 1.82) is 0 Å². The molecule has 1 atom stereocenters. The van der Waals surface area contributed by atoms with Crippen LogP contribution in [0.5, 0.6) is 0 Å². The van der Waals surface area contributed by atoms with E-state index in [-0.39, 0.29) is 11.7 Å². The van der Waals surface area contributed by atoms with E-state index >= 15 is 0 Å². The average Bonchev–Trinajstić information content (AvgIpc) is 2.58. The van der Waals surface area contributed by atoms with Gasteiger partial charge >= 0.3 is 0 Å². The third-order valence-corrected chi connectivity index (χ3v) is 5.27. The molecule has 0 radical (unpaired) electrons. The van der Waals surface area contributed by atoms with Crippen LogP contribution < -0.4 is 5.32 Å². The van der Waals surface area contributed by atoms with Crippen LogP contribution in [0, 0.1) is 5.82 Å². The van der Waals surface area contributed by atoms with E-state index in [1.807, 2.05) is 17.0 Å². The fourth-order valence-corrected chi connectivity index (χ4v) is 3.90. The first-order valence-corrected chi connectivity index (χ1v) is 9.09. The van der Waals surface area contributed by atoms with E-state index in [4.69, 9.17) is 0 Å². The normalized spacial score (nSPS) is 23.4. The van der Waals surface area contributed by atoms with Gasteiger partial charge in [-0.15, -0.1) is 0 Å². The maximum atomic E-state index is 13.8. The summed E-state index contributed by atoms with van der Waals surface area (Å²) >= 11 is 0. The average molecular weight is 333 g/mol. The van der Waals surface area contributed by atoms with E-state index in [9.17, 15) is 9.18 Å².